The fourth-order valence-electron chi connectivity index (χ4n) is 3.11. The van der Waals surface area contributed by atoms with Crippen LogP contribution >= 0.6 is 23.2 Å². The van der Waals surface area contributed by atoms with Gasteiger partial charge in [0.25, 0.3) is 5.91 Å². The number of carbonyl (C=O) groups is 2. The first-order valence-electron chi connectivity index (χ1n) is 9.22. The highest BCUT2D eigenvalue weighted by Crippen LogP contribution is 2.23. The molecule has 1 fully saturated rings. The first-order chi connectivity index (χ1) is 13.5. The van der Waals surface area contributed by atoms with E-state index in [-0.39, 0.29) is 17.9 Å². The second-order valence-corrected chi connectivity index (χ2v) is 7.44. The van der Waals surface area contributed by atoms with Gasteiger partial charge in [-0.15, -0.1) is 0 Å². The summed E-state index contributed by atoms with van der Waals surface area (Å²) in [6.07, 6.45) is 0.838. The van der Waals surface area contributed by atoms with Crippen LogP contribution < -0.4 is 5.32 Å². The topological polar surface area (TPSA) is 58.6 Å². The number of nitrogens with one attached hydrogen (secondary N) is 1. The van der Waals surface area contributed by atoms with Crippen molar-refractivity contribution >= 4 is 35.0 Å². The van der Waals surface area contributed by atoms with Gasteiger partial charge >= 0.3 is 0 Å². The second-order valence-electron chi connectivity index (χ2n) is 6.59. The Bertz CT molecular complexity index is 830. The average molecular weight is 421 g/mol. The summed E-state index contributed by atoms with van der Waals surface area (Å²) < 4.78 is 5.80. The van der Waals surface area contributed by atoms with Crippen molar-refractivity contribution in [2.45, 2.75) is 18.9 Å². The standard InChI is InChI=1S/C21H22Cl2N2O3/c22-16-8-9-17(18(23)13-16)21(27)24-10-4-7-20(26)25-11-12-28-19(14-25)15-5-2-1-3-6-15/h1-3,5-6,8-9,13,19H,4,7,10-12,14H2,(H,24,27). The van der Waals surface area contributed by atoms with Crippen molar-refractivity contribution in [3.8, 4) is 0 Å². The Balaban J connectivity index is 1.43. The Morgan fingerprint density at radius 2 is 1.93 bits per heavy atom. The molecular formula is C21H22Cl2N2O3. The van der Waals surface area contributed by atoms with E-state index in [4.69, 9.17) is 27.9 Å². The fraction of sp³-hybridized carbons (Fsp3) is 0.333. The maximum absolute atomic E-state index is 12.5. The van der Waals surface area contributed by atoms with E-state index in [0.29, 0.717) is 54.7 Å². The van der Waals surface area contributed by atoms with Crippen molar-refractivity contribution < 1.29 is 14.3 Å². The van der Waals surface area contributed by atoms with Crippen LogP contribution in [0.25, 0.3) is 0 Å². The molecule has 0 spiro atoms. The third kappa shape index (κ3) is 5.47. The van der Waals surface area contributed by atoms with Crippen molar-refractivity contribution in [2.75, 3.05) is 26.2 Å². The highest BCUT2D eigenvalue weighted by molar-refractivity contribution is 6.36. The molecule has 7 heteroatoms. The lowest BCUT2D eigenvalue weighted by Crippen LogP contribution is -2.42. The lowest BCUT2D eigenvalue weighted by Gasteiger charge is -2.33. The van der Waals surface area contributed by atoms with E-state index >= 15 is 0 Å². The summed E-state index contributed by atoms with van der Waals surface area (Å²) in [6, 6.07) is 14.6. The molecule has 1 saturated heterocycles. The van der Waals surface area contributed by atoms with Crippen LogP contribution in [0.1, 0.15) is 34.9 Å². The lowest BCUT2D eigenvalue weighted by molar-refractivity contribution is -0.139. The quantitative estimate of drug-likeness (QED) is 0.715. The van der Waals surface area contributed by atoms with Crippen molar-refractivity contribution in [1.29, 1.82) is 0 Å². The Kier molecular flexibility index (Phi) is 7.31. The van der Waals surface area contributed by atoms with Crippen LogP contribution in [-0.2, 0) is 9.53 Å². The van der Waals surface area contributed by atoms with Crippen molar-refractivity contribution in [2.24, 2.45) is 0 Å². The molecule has 2 amide bonds. The number of rotatable bonds is 6. The van der Waals surface area contributed by atoms with E-state index in [0.717, 1.165) is 5.56 Å². The van der Waals surface area contributed by atoms with Gasteiger partial charge in [0.05, 0.1) is 23.7 Å². The van der Waals surface area contributed by atoms with Gasteiger partial charge < -0.3 is 15.0 Å². The molecule has 1 aliphatic rings. The van der Waals surface area contributed by atoms with Gasteiger partial charge in [0.2, 0.25) is 5.91 Å². The molecule has 1 unspecified atom stereocenters. The molecule has 0 radical (unpaired) electrons. The Labute approximate surface area is 174 Å². The maximum atomic E-state index is 12.5. The number of carbonyl (C=O) groups excluding carboxylic acids is 2. The van der Waals surface area contributed by atoms with Gasteiger partial charge in [0.1, 0.15) is 6.10 Å². The number of hydrogen-bond donors (Lipinski definition) is 1. The van der Waals surface area contributed by atoms with Gasteiger partial charge in [-0.05, 0) is 30.2 Å². The van der Waals surface area contributed by atoms with E-state index in [1.54, 1.807) is 12.1 Å². The largest absolute Gasteiger partial charge is 0.370 e. The molecule has 0 aromatic heterocycles. The van der Waals surface area contributed by atoms with Gasteiger partial charge in [-0.1, -0.05) is 53.5 Å². The molecule has 2 aromatic carbocycles. The predicted molar refractivity (Wildman–Crippen MR) is 110 cm³/mol. The van der Waals surface area contributed by atoms with Crippen molar-refractivity contribution in [1.82, 2.24) is 10.2 Å². The van der Waals surface area contributed by atoms with Gasteiger partial charge in [0, 0.05) is 24.5 Å². The molecule has 1 atom stereocenters. The summed E-state index contributed by atoms with van der Waals surface area (Å²) in [5, 5.41) is 3.58. The molecule has 5 nitrogen and oxygen atoms in total. The van der Waals surface area contributed by atoms with E-state index in [1.165, 1.54) is 6.07 Å². The zero-order valence-corrected chi connectivity index (χ0v) is 16.9. The van der Waals surface area contributed by atoms with Gasteiger partial charge in [-0.2, -0.15) is 0 Å². The number of amides is 2. The smallest absolute Gasteiger partial charge is 0.252 e. The molecule has 1 aliphatic heterocycles. The molecule has 0 saturated carbocycles. The minimum atomic E-state index is -0.273. The zero-order valence-electron chi connectivity index (χ0n) is 15.4. The minimum absolute atomic E-state index is 0.0722. The molecule has 148 valence electrons. The molecule has 28 heavy (non-hydrogen) atoms. The van der Waals surface area contributed by atoms with Crippen LogP contribution in [0.3, 0.4) is 0 Å². The van der Waals surface area contributed by atoms with Gasteiger partial charge in [0.15, 0.2) is 0 Å². The minimum Gasteiger partial charge on any atom is -0.370 e. The normalized spacial score (nSPS) is 16.6. The summed E-state index contributed by atoms with van der Waals surface area (Å²) in [7, 11) is 0. The molecular weight excluding hydrogens is 399 g/mol. The Hall–Kier alpha value is -2.08. The third-order valence-electron chi connectivity index (χ3n) is 4.62. The third-order valence-corrected chi connectivity index (χ3v) is 5.17. The number of hydrogen-bond acceptors (Lipinski definition) is 3. The number of morpholine rings is 1. The summed E-state index contributed by atoms with van der Waals surface area (Å²) in [6.45, 7) is 2.07. The monoisotopic (exact) mass is 420 g/mol. The number of benzene rings is 2. The van der Waals surface area contributed by atoms with Gasteiger partial charge in [-0.3, -0.25) is 9.59 Å². The first kappa shape index (κ1) is 20.6. The van der Waals surface area contributed by atoms with Crippen LogP contribution in [-0.4, -0.2) is 43.0 Å². The maximum Gasteiger partial charge on any atom is 0.252 e. The lowest BCUT2D eigenvalue weighted by atomic mass is 10.1. The first-order valence-corrected chi connectivity index (χ1v) is 9.98. The molecule has 2 aromatic rings. The average Bonchev–Trinajstić information content (AvgIpc) is 2.71. The SMILES string of the molecule is O=C(NCCCC(=O)N1CCOC(c2ccccc2)C1)c1ccc(Cl)cc1Cl. The van der Waals surface area contributed by atoms with Crippen LogP contribution in [0, 0.1) is 0 Å². The van der Waals surface area contributed by atoms with E-state index in [9.17, 15) is 9.59 Å². The van der Waals surface area contributed by atoms with Crippen LogP contribution in [0.15, 0.2) is 48.5 Å². The second kappa shape index (κ2) is 9.92. The fourth-order valence-corrected chi connectivity index (χ4v) is 3.61. The van der Waals surface area contributed by atoms with Crippen molar-refractivity contribution in [3.63, 3.8) is 0 Å². The number of nitrogens with zero attached hydrogens (tertiary/aromatic N) is 1. The number of halogens is 2. The summed E-state index contributed by atoms with van der Waals surface area (Å²) in [4.78, 5) is 26.5. The zero-order chi connectivity index (χ0) is 19.9. The molecule has 0 bridgehead atoms. The Morgan fingerprint density at radius 1 is 1.14 bits per heavy atom. The van der Waals surface area contributed by atoms with Crippen LogP contribution in [0.2, 0.25) is 10.0 Å². The molecule has 0 aliphatic carbocycles. The molecule has 1 N–H and O–H groups in total. The van der Waals surface area contributed by atoms with Gasteiger partial charge in [-0.25, -0.2) is 0 Å². The van der Waals surface area contributed by atoms with E-state index in [2.05, 4.69) is 5.32 Å². The summed E-state index contributed by atoms with van der Waals surface area (Å²) >= 11 is 11.9. The molecule has 3 rings (SSSR count). The van der Waals surface area contributed by atoms with Crippen molar-refractivity contribution in [3.05, 3.63) is 69.7 Å². The van der Waals surface area contributed by atoms with Crippen LogP contribution in [0.5, 0.6) is 0 Å². The van der Waals surface area contributed by atoms with Crippen LogP contribution in [0.4, 0.5) is 0 Å². The summed E-state index contributed by atoms with van der Waals surface area (Å²) in [5.41, 5.74) is 1.45. The predicted octanol–water partition coefficient (Wildman–Crippen LogP) is 4.10. The molecule has 1 heterocycles. The summed E-state index contributed by atoms with van der Waals surface area (Å²) in [5.74, 6) is -0.201. The highest BCUT2D eigenvalue weighted by Gasteiger charge is 2.24. The Morgan fingerprint density at radius 3 is 2.68 bits per heavy atom. The highest BCUT2D eigenvalue weighted by atomic mass is 35.5. The van der Waals surface area contributed by atoms with E-state index in [1.807, 2.05) is 35.2 Å². The number of ether oxygens (including phenoxy) is 1. The van der Waals surface area contributed by atoms with E-state index < -0.39 is 0 Å².